The molecule has 2 aromatic carbocycles. The van der Waals surface area contributed by atoms with Crippen molar-refractivity contribution in [3.05, 3.63) is 102 Å². The van der Waals surface area contributed by atoms with Gasteiger partial charge < -0.3 is 14.2 Å². The fourth-order valence-corrected chi connectivity index (χ4v) is 5.46. The van der Waals surface area contributed by atoms with Gasteiger partial charge in [-0.3, -0.25) is 4.79 Å². The molecule has 6 heteroatoms. The molecular weight excluding hydrogens is 424 g/mol. The predicted octanol–water partition coefficient (Wildman–Crippen LogP) is 4.56. The van der Waals surface area contributed by atoms with E-state index in [1.807, 2.05) is 64.4 Å². The highest BCUT2D eigenvalue weighted by molar-refractivity contribution is 5.89. The van der Waals surface area contributed by atoms with Crippen molar-refractivity contribution in [2.75, 3.05) is 13.2 Å². The lowest BCUT2D eigenvalue weighted by molar-refractivity contribution is -0.142. The first-order valence-corrected chi connectivity index (χ1v) is 11.9. The molecule has 0 radical (unpaired) electrons. The van der Waals surface area contributed by atoms with Crippen molar-refractivity contribution >= 4 is 5.91 Å². The summed E-state index contributed by atoms with van der Waals surface area (Å²) in [5.41, 5.74) is 4.85. The second kappa shape index (κ2) is 8.29. The number of aryl methyl sites for hydroxylation is 1. The van der Waals surface area contributed by atoms with E-state index in [2.05, 4.69) is 35.8 Å². The number of aromatic nitrogens is 3. The Morgan fingerprint density at radius 2 is 1.62 bits per heavy atom. The normalized spacial score (nSPS) is 17.0. The van der Waals surface area contributed by atoms with Gasteiger partial charge in [-0.1, -0.05) is 48.5 Å². The van der Waals surface area contributed by atoms with Crippen LogP contribution in [0.3, 0.4) is 0 Å². The molecule has 0 atom stereocenters. The highest BCUT2D eigenvalue weighted by atomic mass is 16.5. The van der Waals surface area contributed by atoms with Gasteiger partial charge in [-0.15, -0.1) is 0 Å². The molecule has 1 fully saturated rings. The molecule has 0 N–H and O–H groups in total. The van der Waals surface area contributed by atoms with E-state index in [9.17, 15) is 4.79 Å². The zero-order chi connectivity index (χ0) is 23.1. The zero-order valence-corrected chi connectivity index (χ0v) is 19.4. The molecule has 172 valence electrons. The number of para-hydroxylation sites is 1. The Morgan fingerprint density at radius 1 is 0.912 bits per heavy atom. The molecule has 6 rings (SSSR count). The van der Waals surface area contributed by atoms with Crippen LogP contribution in [0.1, 0.15) is 35.2 Å². The van der Waals surface area contributed by atoms with Crippen LogP contribution in [0.5, 0.6) is 0 Å². The van der Waals surface area contributed by atoms with Gasteiger partial charge in [0.1, 0.15) is 5.82 Å². The molecule has 0 unspecified atom stereocenters. The Morgan fingerprint density at radius 3 is 2.35 bits per heavy atom. The van der Waals surface area contributed by atoms with Crippen LogP contribution >= 0.6 is 0 Å². The fraction of sp³-hybridized carbons (Fsp3) is 0.286. The minimum atomic E-state index is -0.539. The average molecular weight is 453 g/mol. The van der Waals surface area contributed by atoms with Crippen LogP contribution in [-0.4, -0.2) is 38.4 Å². The van der Waals surface area contributed by atoms with E-state index in [-0.39, 0.29) is 5.91 Å². The summed E-state index contributed by atoms with van der Waals surface area (Å²) in [6.45, 7) is 4.40. The third-order valence-electron chi connectivity index (χ3n) is 7.29. The lowest BCUT2D eigenvalue weighted by Gasteiger charge is -2.39. The van der Waals surface area contributed by atoms with Crippen molar-refractivity contribution in [2.24, 2.45) is 0 Å². The number of hydrogen-bond acceptors (Lipinski definition) is 3. The molecule has 0 spiro atoms. The van der Waals surface area contributed by atoms with Gasteiger partial charge in [0.2, 0.25) is 5.91 Å². The first-order chi connectivity index (χ1) is 16.7. The third-order valence-corrected chi connectivity index (χ3v) is 7.29. The van der Waals surface area contributed by atoms with Gasteiger partial charge in [-0.05, 0) is 49.1 Å². The molecule has 1 saturated heterocycles. The second-order valence-electron chi connectivity index (χ2n) is 9.26. The summed E-state index contributed by atoms with van der Waals surface area (Å²) >= 11 is 0. The SMILES string of the molecule is Cc1ccccc1-n1nc2c(c1-n1cccc1)CN(C(=O)C1(c3ccccc3)CCOCC1)C2. The van der Waals surface area contributed by atoms with Gasteiger partial charge in [-0.2, -0.15) is 5.10 Å². The maximum absolute atomic E-state index is 14.1. The lowest BCUT2D eigenvalue weighted by atomic mass is 9.73. The number of ether oxygens (including phenoxy) is 1. The average Bonchev–Trinajstić information content (AvgIpc) is 3.61. The summed E-state index contributed by atoms with van der Waals surface area (Å²) in [5, 5.41) is 5.03. The Bertz CT molecular complexity index is 1320. The van der Waals surface area contributed by atoms with E-state index in [1.165, 1.54) is 0 Å². The molecule has 4 aromatic rings. The van der Waals surface area contributed by atoms with Gasteiger partial charge in [0, 0.05) is 31.2 Å². The van der Waals surface area contributed by atoms with Gasteiger partial charge in [0.05, 0.1) is 29.9 Å². The number of carbonyl (C=O) groups is 1. The van der Waals surface area contributed by atoms with Crippen molar-refractivity contribution < 1.29 is 9.53 Å². The number of carbonyl (C=O) groups excluding carboxylic acids is 1. The summed E-state index contributed by atoms with van der Waals surface area (Å²) in [6.07, 6.45) is 5.50. The van der Waals surface area contributed by atoms with Gasteiger partial charge >= 0.3 is 0 Å². The van der Waals surface area contributed by atoms with Crippen molar-refractivity contribution in [1.29, 1.82) is 0 Å². The number of fused-ring (bicyclic) bond motifs is 1. The minimum Gasteiger partial charge on any atom is -0.381 e. The van der Waals surface area contributed by atoms with E-state index in [1.54, 1.807) is 0 Å². The highest BCUT2D eigenvalue weighted by Gasteiger charge is 2.46. The number of hydrogen-bond donors (Lipinski definition) is 0. The first kappa shape index (κ1) is 20.9. The molecule has 4 heterocycles. The molecule has 1 amide bonds. The molecule has 0 bridgehead atoms. The maximum Gasteiger partial charge on any atom is 0.234 e. The van der Waals surface area contributed by atoms with Crippen LogP contribution in [-0.2, 0) is 28.0 Å². The molecule has 6 nitrogen and oxygen atoms in total. The Balaban J connectivity index is 1.39. The molecule has 2 aliphatic rings. The monoisotopic (exact) mass is 452 g/mol. The molecule has 2 aromatic heterocycles. The van der Waals surface area contributed by atoms with Crippen LogP contribution in [0, 0.1) is 6.92 Å². The first-order valence-electron chi connectivity index (χ1n) is 11.9. The molecule has 0 saturated carbocycles. The standard InChI is InChI=1S/C28H28N4O2/c1-21-9-5-6-12-25(21)32-26(30-15-7-8-16-30)23-19-31(20-24(23)29-32)27(33)28(13-17-34-18-14-28)22-10-3-2-4-11-22/h2-12,15-16H,13-14,17-20H2,1H3. The van der Waals surface area contributed by atoms with Gasteiger partial charge in [-0.25, -0.2) is 4.68 Å². The van der Waals surface area contributed by atoms with Crippen LogP contribution in [0.2, 0.25) is 0 Å². The fourth-order valence-electron chi connectivity index (χ4n) is 5.46. The van der Waals surface area contributed by atoms with Crippen molar-refractivity contribution in [1.82, 2.24) is 19.2 Å². The van der Waals surface area contributed by atoms with Crippen LogP contribution in [0.4, 0.5) is 0 Å². The van der Waals surface area contributed by atoms with E-state index >= 15 is 0 Å². The minimum absolute atomic E-state index is 0.181. The van der Waals surface area contributed by atoms with Gasteiger partial charge in [0.25, 0.3) is 0 Å². The Labute approximate surface area is 199 Å². The molecule has 2 aliphatic heterocycles. The topological polar surface area (TPSA) is 52.3 Å². The summed E-state index contributed by atoms with van der Waals surface area (Å²) < 4.78 is 9.80. The van der Waals surface area contributed by atoms with Crippen molar-refractivity contribution in [3.63, 3.8) is 0 Å². The predicted molar refractivity (Wildman–Crippen MR) is 130 cm³/mol. The van der Waals surface area contributed by atoms with E-state index in [0.717, 1.165) is 33.9 Å². The Kier molecular flexibility index (Phi) is 5.11. The quantitative estimate of drug-likeness (QED) is 0.456. The summed E-state index contributed by atoms with van der Waals surface area (Å²) in [7, 11) is 0. The number of nitrogens with zero attached hydrogens (tertiary/aromatic N) is 4. The van der Waals surface area contributed by atoms with Crippen LogP contribution < -0.4 is 0 Å². The second-order valence-corrected chi connectivity index (χ2v) is 9.26. The van der Waals surface area contributed by atoms with Crippen LogP contribution in [0.25, 0.3) is 11.5 Å². The maximum atomic E-state index is 14.1. The highest BCUT2D eigenvalue weighted by Crippen LogP contribution is 2.40. The number of benzene rings is 2. The van der Waals surface area contributed by atoms with Crippen molar-refractivity contribution in [2.45, 2.75) is 38.3 Å². The van der Waals surface area contributed by atoms with E-state index in [4.69, 9.17) is 9.84 Å². The largest absolute Gasteiger partial charge is 0.381 e. The molecular formula is C28H28N4O2. The van der Waals surface area contributed by atoms with E-state index in [0.29, 0.717) is 39.1 Å². The Hall–Kier alpha value is -3.64. The third kappa shape index (κ3) is 3.29. The summed E-state index contributed by atoms with van der Waals surface area (Å²) in [4.78, 5) is 16.1. The van der Waals surface area contributed by atoms with E-state index < -0.39 is 5.41 Å². The smallest absolute Gasteiger partial charge is 0.234 e. The summed E-state index contributed by atoms with van der Waals surface area (Å²) in [5.74, 6) is 1.19. The number of rotatable bonds is 4. The molecule has 0 aliphatic carbocycles. The lowest BCUT2D eigenvalue weighted by Crippen LogP contribution is -2.48. The van der Waals surface area contributed by atoms with Gasteiger partial charge in [0.15, 0.2) is 0 Å². The van der Waals surface area contributed by atoms with Crippen LogP contribution in [0.15, 0.2) is 79.1 Å². The number of amides is 1. The summed E-state index contributed by atoms with van der Waals surface area (Å²) in [6, 6.07) is 22.5. The zero-order valence-electron chi connectivity index (χ0n) is 19.4. The van der Waals surface area contributed by atoms with Crippen molar-refractivity contribution in [3.8, 4) is 11.5 Å². The molecule has 34 heavy (non-hydrogen) atoms.